The van der Waals surface area contributed by atoms with Gasteiger partial charge in [0.2, 0.25) is 5.91 Å². The number of likely N-dealkylation sites (tertiary alicyclic amines) is 1. The molecule has 1 saturated heterocycles. The number of aliphatic carboxylic acids is 1. The lowest BCUT2D eigenvalue weighted by Crippen LogP contribution is -2.42. The predicted octanol–water partition coefficient (Wildman–Crippen LogP) is 1.35. The maximum Gasteiger partial charge on any atom is 0.326 e. The fourth-order valence-corrected chi connectivity index (χ4v) is 5.13. The van der Waals surface area contributed by atoms with Gasteiger partial charge in [0.1, 0.15) is 6.04 Å². The number of hydrogen-bond donors (Lipinski definition) is 1. The lowest BCUT2D eigenvalue weighted by molar-refractivity contribution is -0.149. The van der Waals surface area contributed by atoms with Gasteiger partial charge in [0, 0.05) is 12.5 Å². The number of hydrogen-bond acceptors (Lipinski definition) is 2. The minimum absolute atomic E-state index is 0.159. The zero-order chi connectivity index (χ0) is 12.4. The summed E-state index contributed by atoms with van der Waals surface area (Å²) in [6.45, 7) is 0.654. The molecule has 0 aromatic rings. The monoisotopic (exact) mass is 249 g/mol. The topological polar surface area (TPSA) is 57.6 Å². The Bertz CT molecular complexity index is 405. The molecule has 18 heavy (non-hydrogen) atoms. The third-order valence-corrected chi connectivity index (χ3v) is 5.84. The van der Waals surface area contributed by atoms with Crippen molar-refractivity contribution in [2.45, 2.75) is 38.1 Å². The van der Waals surface area contributed by atoms with E-state index in [2.05, 4.69) is 0 Å². The highest BCUT2D eigenvalue weighted by molar-refractivity contribution is 5.88. The SMILES string of the molecule is O=C(O)[C@@H]1CCCN1C(=O)C1C2C3CCC(C3)C12. The first-order valence-corrected chi connectivity index (χ1v) is 7.22. The first kappa shape index (κ1) is 10.8. The molecule has 1 amide bonds. The van der Waals surface area contributed by atoms with Crippen LogP contribution in [0.25, 0.3) is 0 Å². The van der Waals surface area contributed by atoms with Crippen LogP contribution in [0.1, 0.15) is 32.1 Å². The quantitative estimate of drug-likeness (QED) is 0.803. The second-order valence-electron chi connectivity index (χ2n) is 6.54. The third kappa shape index (κ3) is 1.26. The number of fused-ring (bicyclic) bond motifs is 5. The molecule has 3 aliphatic carbocycles. The second kappa shape index (κ2) is 3.49. The highest BCUT2D eigenvalue weighted by Gasteiger charge is 2.68. The van der Waals surface area contributed by atoms with Crippen molar-refractivity contribution in [2.24, 2.45) is 29.6 Å². The number of rotatable bonds is 2. The number of amides is 1. The van der Waals surface area contributed by atoms with E-state index in [-0.39, 0.29) is 11.8 Å². The molecule has 1 aliphatic heterocycles. The summed E-state index contributed by atoms with van der Waals surface area (Å²) in [6, 6.07) is -0.545. The fourth-order valence-electron chi connectivity index (χ4n) is 5.13. The van der Waals surface area contributed by atoms with Crippen LogP contribution in [-0.2, 0) is 9.59 Å². The summed E-state index contributed by atoms with van der Waals surface area (Å²) in [5.41, 5.74) is 0. The van der Waals surface area contributed by atoms with Crippen molar-refractivity contribution >= 4 is 11.9 Å². The summed E-state index contributed by atoms with van der Waals surface area (Å²) in [4.78, 5) is 25.3. The molecule has 2 bridgehead atoms. The van der Waals surface area contributed by atoms with E-state index in [4.69, 9.17) is 5.11 Å². The van der Waals surface area contributed by atoms with Crippen molar-refractivity contribution in [1.82, 2.24) is 4.90 Å². The molecule has 0 aromatic heterocycles. The summed E-state index contributed by atoms with van der Waals surface area (Å²) >= 11 is 0. The molecular weight excluding hydrogens is 230 g/mol. The maximum atomic E-state index is 12.5. The van der Waals surface area contributed by atoms with E-state index < -0.39 is 12.0 Å². The van der Waals surface area contributed by atoms with Crippen molar-refractivity contribution in [3.63, 3.8) is 0 Å². The Kier molecular flexibility index (Phi) is 2.10. The van der Waals surface area contributed by atoms with Crippen LogP contribution < -0.4 is 0 Å². The van der Waals surface area contributed by atoms with E-state index in [0.717, 1.165) is 18.3 Å². The normalized spacial score (nSPS) is 48.3. The molecule has 0 aromatic carbocycles. The Hall–Kier alpha value is -1.06. The van der Waals surface area contributed by atoms with Gasteiger partial charge in [-0.1, -0.05) is 0 Å². The average Bonchev–Trinajstić information content (AvgIpc) is 2.78. The Morgan fingerprint density at radius 1 is 1.06 bits per heavy atom. The van der Waals surface area contributed by atoms with Crippen molar-refractivity contribution in [2.75, 3.05) is 6.54 Å². The molecule has 0 spiro atoms. The fraction of sp³-hybridized carbons (Fsp3) is 0.857. The van der Waals surface area contributed by atoms with Crippen LogP contribution in [0.2, 0.25) is 0 Å². The van der Waals surface area contributed by atoms with Crippen molar-refractivity contribution in [3.05, 3.63) is 0 Å². The van der Waals surface area contributed by atoms with Gasteiger partial charge < -0.3 is 10.0 Å². The molecule has 4 fully saturated rings. The Morgan fingerprint density at radius 2 is 1.72 bits per heavy atom. The molecule has 0 radical (unpaired) electrons. The molecule has 1 N–H and O–H groups in total. The van der Waals surface area contributed by atoms with E-state index >= 15 is 0 Å². The van der Waals surface area contributed by atoms with Crippen LogP contribution >= 0.6 is 0 Å². The zero-order valence-electron chi connectivity index (χ0n) is 10.4. The second-order valence-corrected chi connectivity index (χ2v) is 6.54. The number of carboxylic acids is 1. The van der Waals surface area contributed by atoms with Crippen LogP contribution in [0.5, 0.6) is 0 Å². The molecule has 4 aliphatic rings. The van der Waals surface area contributed by atoms with Gasteiger partial charge in [-0.15, -0.1) is 0 Å². The summed E-state index contributed by atoms with van der Waals surface area (Å²) in [6.07, 6.45) is 5.42. The first-order valence-electron chi connectivity index (χ1n) is 7.22. The Balaban J connectivity index is 1.50. The standard InChI is InChI=1S/C14H19NO3/c16-13(15-5-1-2-9(15)14(17)18)12-10-7-3-4-8(6-7)11(10)12/h7-12H,1-6H2,(H,17,18)/t7?,8?,9-,10?,11?,12?/m0/s1. The van der Waals surface area contributed by atoms with Gasteiger partial charge in [-0.3, -0.25) is 4.79 Å². The minimum atomic E-state index is -0.824. The van der Waals surface area contributed by atoms with Crippen molar-refractivity contribution < 1.29 is 14.7 Å². The zero-order valence-corrected chi connectivity index (χ0v) is 10.4. The van der Waals surface area contributed by atoms with Crippen LogP contribution in [0, 0.1) is 29.6 Å². The molecule has 5 atom stereocenters. The molecule has 98 valence electrons. The van der Waals surface area contributed by atoms with Gasteiger partial charge in [0.25, 0.3) is 0 Å². The molecule has 4 nitrogen and oxygen atoms in total. The molecule has 4 unspecified atom stereocenters. The summed E-state index contributed by atoms with van der Waals surface area (Å²) in [5, 5.41) is 9.16. The lowest BCUT2D eigenvalue weighted by Gasteiger charge is -2.23. The van der Waals surface area contributed by atoms with Crippen molar-refractivity contribution in [1.29, 1.82) is 0 Å². The molecule has 1 heterocycles. The molecular formula is C14H19NO3. The number of carbonyl (C=O) groups excluding carboxylic acids is 1. The van der Waals surface area contributed by atoms with Gasteiger partial charge in [0.05, 0.1) is 0 Å². The summed E-state index contributed by atoms with van der Waals surface area (Å²) < 4.78 is 0. The van der Waals surface area contributed by atoms with Crippen LogP contribution in [-0.4, -0.2) is 34.5 Å². The van der Waals surface area contributed by atoms with E-state index in [1.807, 2.05) is 0 Å². The number of carbonyl (C=O) groups is 2. The summed E-state index contributed by atoms with van der Waals surface area (Å²) in [5.74, 6) is 2.31. The van der Waals surface area contributed by atoms with Gasteiger partial charge in [0.15, 0.2) is 0 Å². The smallest absolute Gasteiger partial charge is 0.326 e. The third-order valence-electron chi connectivity index (χ3n) is 5.84. The van der Waals surface area contributed by atoms with Crippen LogP contribution in [0.3, 0.4) is 0 Å². The van der Waals surface area contributed by atoms with Crippen LogP contribution in [0.4, 0.5) is 0 Å². The Morgan fingerprint density at radius 3 is 2.33 bits per heavy atom. The van der Waals surface area contributed by atoms with E-state index in [1.54, 1.807) is 4.90 Å². The minimum Gasteiger partial charge on any atom is -0.480 e. The van der Waals surface area contributed by atoms with Gasteiger partial charge in [-0.25, -0.2) is 4.79 Å². The van der Waals surface area contributed by atoms with E-state index in [9.17, 15) is 9.59 Å². The van der Waals surface area contributed by atoms with E-state index in [0.29, 0.717) is 24.8 Å². The number of carboxylic acid groups (broad SMARTS) is 1. The first-order chi connectivity index (χ1) is 8.68. The maximum absolute atomic E-state index is 12.5. The van der Waals surface area contributed by atoms with Crippen molar-refractivity contribution in [3.8, 4) is 0 Å². The summed E-state index contributed by atoms with van der Waals surface area (Å²) in [7, 11) is 0. The largest absolute Gasteiger partial charge is 0.480 e. The van der Waals surface area contributed by atoms with E-state index in [1.165, 1.54) is 19.3 Å². The van der Waals surface area contributed by atoms with Crippen LogP contribution in [0.15, 0.2) is 0 Å². The highest BCUT2D eigenvalue weighted by atomic mass is 16.4. The highest BCUT2D eigenvalue weighted by Crippen LogP contribution is 2.69. The lowest BCUT2D eigenvalue weighted by atomic mass is 10.0. The predicted molar refractivity (Wildman–Crippen MR) is 63.7 cm³/mol. The average molecular weight is 249 g/mol. The van der Waals surface area contributed by atoms with Gasteiger partial charge >= 0.3 is 5.97 Å². The number of nitrogens with zero attached hydrogens (tertiary/aromatic N) is 1. The Labute approximate surface area is 106 Å². The van der Waals surface area contributed by atoms with Gasteiger partial charge in [-0.2, -0.15) is 0 Å². The molecule has 4 heteroatoms. The van der Waals surface area contributed by atoms with Gasteiger partial charge in [-0.05, 0) is 55.8 Å². The molecule has 4 rings (SSSR count). The molecule has 3 saturated carbocycles.